The molecule has 0 bridgehead atoms. The average Bonchev–Trinajstić information content (AvgIpc) is 3.40. The molecule has 2 amide bonds. The molecule has 0 spiro atoms. The number of hydrogen-bond donors (Lipinski definition) is 1. The third-order valence-electron chi connectivity index (χ3n) is 6.98. The minimum absolute atomic E-state index is 0.00154. The SMILES string of the molecule is Cc1cccc(CSCC(=O)N(Cc2cccc(C)c2)[C@@H](Cc2ccccc2)C(=O)NC2CCCC2)c1. The van der Waals surface area contributed by atoms with Crippen LogP contribution in [0.15, 0.2) is 78.9 Å². The third-order valence-corrected chi connectivity index (χ3v) is 7.97. The Kier molecular flexibility index (Phi) is 9.84. The van der Waals surface area contributed by atoms with E-state index in [9.17, 15) is 9.59 Å². The number of nitrogens with one attached hydrogen (secondary N) is 1. The van der Waals surface area contributed by atoms with Gasteiger partial charge in [-0.05, 0) is 43.4 Å². The van der Waals surface area contributed by atoms with Crippen LogP contribution in [0.4, 0.5) is 0 Å². The van der Waals surface area contributed by atoms with Crippen LogP contribution in [0.2, 0.25) is 0 Å². The van der Waals surface area contributed by atoms with E-state index < -0.39 is 6.04 Å². The van der Waals surface area contributed by atoms with Crippen molar-refractivity contribution in [1.29, 1.82) is 0 Å². The molecule has 1 aliphatic rings. The molecule has 3 aromatic rings. The Morgan fingerprint density at radius 2 is 1.49 bits per heavy atom. The van der Waals surface area contributed by atoms with Gasteiger partial charge < -0.3 is 10.2 Å². The number of carbonyl (C=O) groups is 2. The summed E-state index contributed by atoms with van der Waals surface area (Å²) in [6, 6.07) is 26.3. The average molecular weight is 515 g/mol. The first kappa shape index (κ1) is 27.0. The van der Waals surface area contributed by atoms with Crippen LogP contribution in [0, 0.1) is 13.8 Å². The summed E-state index contributed by atoms with van der Waals surface area (Å²) >= 11 is 1.61. The molecule has 1 fully saturated rings. The molecule has 3 aromatic carbocycles. The molecule has 0 radical (unpaired) electrons. The lowest BCUT2D eigenvalue weighted by molar-refractivity contribution is -0.139. The van der Waals surface area contributed by atoms with E-state index in [1.165, 1.54) is 11.1 Å². The second-order valence-corrected chi connectivity index (χ2v) is 11.2. The number of benzene rings is 3. The van der Waals surface area contributed by atoms with Crippen LogP contribution < -0.4 is 5.32 Å². The quantitative estimate of drug-likeness (QED) is 0.330. The molecule has 37 heavy (non-hydrogen) atoms. The monoisotopic (exact) mass is 514 g/mol. The van der Waals surface area contributed by atoms with Gasteiger partial charge in [0, 0.05) is 24.8 Å². The molecule has 1 aliphatic carbocycles. The topological polar surface area (TPSA) is 49.4 Å². The lowest BCUT2D eigenvalue weighted by atomic mass is 10.0. The van der Waals surface area contributed by atoms with Gasteiger partial charge in [0.2, 0.25) is 11.8 Å². The van der Waals surface area contributed by atoms with Crippen LogP contribution in [0.3, 0.4) is 0 Å². The van der Waals surface area contributed by atoms with Crippen LogP contribution >= 0.6 is 11.8 Å². The van der Waals surface area contributed by atoms with Gasteiger partial charge in [-0.1, -0.05) is 103 Å². The first-order valence-electron chi connectivity index (χ1n) is 13.3. The maximum atomic E-state index is 13.8. The van der Waals surface area contributed by atoms with Crippen molar-refractivity contribution in [2.75, 3.05) is 5.75 Å². The van der Waals surface area contributed by atoms with E-state index in [2.05, 4.69) is 55.6 Å². The number of amides is 2. The minimum atomic E-state index is -0.560. The van der Waals surface area contributed by atoms with E-state index in [1.54, 1.807) is 11.8 Å². The Morgan fingerprint density at radius 1 is 0.865 bits per heavy atom. The number of rotatable bonds is 11. The number of hydrogen-bond acceptors (Lipinski definition) is 3. The second kappa shape index (κ2) is 13.5. The highest BCUT2D eigenvalue weighted by Gasteiger charge is 2.32. The lowest BCUT2D eigenvalue weighted by Crippen LogP contribution is -2.52. The zero-order valence-electron chi connectivity index (χ0n) is 22.0. The molecule has 1 N–H and O–H groups in total. The highest BCUT2D eigenvalue weighted by molar-refractivity contribution is 7.99. The van der Waals surface area contributed by atoms with E-state index >= 15 is 0 Å². The summed E-state index contributed by atoms with van der Waals surface area (Å²) in [6.07, 6.45) is 4.83. The lowest BCUT2D eigenvalue weighted by Gasteiger charge is -2.32. The summed E-state index contributed by atoms with van der Waals surface area (Å²) in [5.74, 6) is 1.06. The summed E-state index contributed by atoms with van der Waals surface area (Å²) in [5.41, 5.74) is 5.68. The molecule has 4 nitrogen and oxygen atoms in total. The third kappa shape index (κ3) is 8.22. The summed E-state index contributed by atoms with van der Waals surface area (Å²) < 4.78 is 0. The van der Waals surface area contributed by atoms with Gasteiger partial charge in [-0.3, -0.25) is 9.59 Å². The summed E-state index contributed by atoms with van der Waals surface area (Å²) in [4.78, 5) is 29.3. The molecule has 0 heterocycles. The fourth-order valence-electron chi connectivity index (χ4n) is 5.07. The molecule has 0 unspecified atom stereocenters. The summed E-state index contributed by atoms with van der Waals surface area (Å²) in [5, 5.41) is 3.28. The first-order chi connectivity index (χ1) is 18.0. The van der Waals surface area contributed by atoms with Gasteiger partial charge in [-0.2, -0.15) is 0 Å². The van der Waals surface area contributed by atoms with Crippen molar-refractivity contribution < 1.29 is 9.59 Å². The smallest absolute Gasteiger partial charge is 0.243 e. The number of carbonyl (C=O) groups excluding carboxylic acids is 2. The van der Waals surface area contributed by atoms with Gasteiger partial charge in [-0.25, -0.2) is 0 Å². The van der Waals surface area contributed by atoms with Crippen molar-refractivity contribution >= 4 is 23.6 Å². The van der Waals surface area contributed by atoms with Gasteiger partial charge in [0.1, 0.15) is 6.04 Å². The normalized spacial score (nSPS) is 14.3. The van der Waals surface area contributed by atoms with Crippen molar-refractivity contribution in [2.45, 2.75) is 70.3 Å². The van der Waals surface area contributed by atoms with E-state index in [0.29, 0.717) is 18.7 Å². The van der Waals surface area contributed by atoms with E-state index in [0.717, 1.165) is 48.1 Å². The Bertz CT molecular complexity index is 1170. The first-order valence-corrected chi connectivity index (χ1v) is 14.5. The second-order valence-electron chi connectivity index (χ2n) is 10.2. The van der Waals surface area contributed by atoms with E-state index in [4.69, 9.17) is 0 Å². The number of thioether (sulfide) groups is 1. The minimum Gasteiger partial charge on any atom is -0.352 e. The number of nitrogens with zero attached hydrogens (tertiary/aromatic N) is 1. The van der Waals surface area contributed by atoms with Crippen molar-refractivity contribution in [3.8, 4) is 0 Å². The summed E-state index contributed by atoms with van der Waals surface area (Å²) in [7, 11) is 0. The fourth-order valence-corrected chi connectivity index (χ4v) is 5.93. The Balaban J connectivity index is 1.56. The van der Waals surface area contributed by atoms with E-state index in [1.807, 2.05) is 47.4 Å². The predicted octanol–water partition coefficient (Wildman–Crippen LogP) is 6.24. The fraction of sp³-hybridized carbons (Fsp3) is 0.375. The Hall–Kier alpha value is -3.05. The van der Waals surface area contributed by atoms with Crippen molar-refractivity contribution in [3.05, 3.63) is 107 Å². The largest absolute Gasteiger partial charge is 0.352 e. The standard InChI is InChI=1S/C32H38N2O2S/c1-24-10-8-14-27(18-24)21-34(31(35)23-37-22-28-15-9-11-25(2)19-28)30(20-26-12-4-3-5-13-26)32(36)33-29-16-6-7-17-29/h3-5,8-15,18-19,29-30H,6-7,16-17,20-23H2,1-2H3,(H,33,36)/t30-/m0/s1. The van der Waals surface area contributed by atoms with E-state index in [-0.39, 0.29) is 17.9 Å². The number of aryl methyl sites for hydroxylation is 2. The molecule has 0 aromatic heterocycles. The van der Waals surface area contributed by atoms with Crippen LogP contribution in [-0.2, 0) is 28.3 Å². The van der Waals surface area contributed by atoms with Crippen molar-refractivity contribution in [1.82, 2.24) is 10.2 Å². The molecule has 194 valence electrons. The summed E-state index contributed by atoms with van der Waals surface area (Å²) in [6.45, 7) is 4.56. The molecular formula is C32H38N2O2S. The van der Waals surface area contributed by atoms with Gasteiger partial charge >= 0.3 is 0 Å². The van der Waals surface area contributed by atoms with Crippen LogP contribution in [-0.4, -0.2) is 34.6 Å². The Morgan fingerprint density at radius 3 is 2.16 bits per heavy atom. The molecule has 1 atom stereocenters. The molecular weight excluding hydrogens is 476 g/mol. The van der Waals surface area contributed by atoms with Crippen molar-refractivity contribution in [2.24, 2.45) is 0 Å². The predicted molar refractivity (Wildman–Crippen MR) is 153 cm³/mol. The molecule has 0 aliphatic heterocycles. The van der Waals surface area contributed by atoms with Gasteiger partial charge in [0.15, 0.2) is 0 Å². The Labute approximate surface area is 225 Å². The van der Waals surface area contributed by atoms with Crippen LogP contribution in [0.25, 0.3) is 0 Å². The maximum Gasteiger partial charge on any atom is 0.243 e. The molecule has 4 rings (SSSR count). The van der Waals surface area contributed by atoms with Gasteiger partial charge in [0.05, 0.1) is 5.75 Å². The molecule has 1 saturated carbocycles. The zero-order valence-corrected chi connectivity index (χ0v) is 22.8. The van der Waals surface area contributed by atoms with Crippen LogP contribution in [0.1, 0.15) is 53.5 Å². The maximum absolute atomic E-state index is 13.8. The zero-order chi connectivity index (χ0) is 26.0. The highest BCUT2D eigenvalue weighted by Crippen LogP contribution is 2.22. The van der Waals surface area contributed by atoms with Gasteiger partial charge in [-0.15, -0.1) is 11.8 Å². The van der Waals surface area contributed by atoms with Crippen molar-refractivity contribution in [3.63, 3.8) is 0 Å². The van der Waals surface area contributed by atoms with Gasteiger partial charge in [0.25, 0.3) is 0 Å². The highest BCUT2D eigenvalue weighted by atomic mass is 32.2. The molecule has 0 saturated heterocycles. The molecule has 5 heteroatoms. The van der Waals surface area contributed by atoms with Crippen LogP contribution in [0.5, 0.6) is 0 Å².